The van der Waals surface area contributed by atoms with Crippen LogP contribution >= 0.6 is 0 Å². The van der Waals surface area contributed by atoms with Crippen molar-refractivity contribution in [3.05, 3.63) is 30.3 Å². The molecule has 0 aliphatic rings. The Hall–Kier alpha value is -1.53. The van der Waals surface area contributed by atoms with Gasteiger partial charge in [-0.15, -0.1) is 0 Å². The van der Waals surface area contributed by atoms with Gasteiger partial charge < -0.3 is 10.2 Å². The molecule has 0 heterocycles. The lowest BCUT2D eigenvalue weighted by Crippen LogP contribution is -2.41. The average Bonchev–Trinajstić information content (AvgIpc) is 2.47. The van der Waals surface area contributed by atoms with Gasteiger partial charge in [-0.3, -0.25) is 0 Å². The van der Waals surface area contributed by atoms with E-state index in [1.165, 1.54) is 12.1 Å². The fourth-order valence-electron chi connectivity index (χ4n) is 2.00. The van der Waals surface area contributed by atoms with Gasteiger partial charge in [-0.25, -0.2) is 0 Å². The highest BCUT2D eigenvalue weighted by molar-refractivity contribution is 5.46. The summed E-state index contributed by atoms with van der Waals surface area (Å²) in [4.78, 5) is 2.31. The number of anilines is 1. The fourth-order valence-corrected chi connectivity index (χ4v) is 2.00. The van der Waals surface area contributed by atoms with Crippen LogP contribution in [0, 0.1) is 11.3 Å². The van der Waals surface area contributed by atoms with Gasteiger partial charge in [0.15, 0.2) is 0 Å². The maximum atomic E-state index is 9.23. The van der Waals surface area contributed by atoms with Gasteiger partial charge in [0.2, 0.25) is 0 Å². The van der Waals surface area contributed by atoms with Crippen molar-refractivity contribution >= 4 is 5.69 Å². The molecule has 0 amide bonds. The van der Waals surface area contributed by atoms with E-state index in [9.17, 15) is 5.26 Å². The van der Waals surface area contributed by atoms with E-state index in [2.05, 4.69) is 54.4 Å². The van der Waals surface area contributed by atoms with E-state index in [0.29, 0.717) is 0 Å². The maximum absolute atomic E-state index is 9.23. The van der Waals surface area contributed by atoms with E-state index in [1.54, 1.807) is 0 Å². The summed E-state index contributed by atoms with van der Waals surface area (Å²) in [5, 5.41) is 12.5. The van der Waals surface area contributed by atoms with Gasteiger partial charge in [0.05, 0.1) is 6.07 Å². The van der Waals surface area contributed by atoms with E-state index < -0.39 is 0 Å². The second kappa shape index (κ2) is 9.41. The molecule has 0 aliphatic carbocycles. The fraction of sp³-hybridized carbons (Fsp3) is 0.562. The third kappa shape index (κ3) is 5.76. The first kappa shape index (κ1) is 15.5. The Balaban J connectivity index is 2.66. The monoisotopic (exact) mass is 259 g/mol. The minimum absolute atomic E-state index is 0.1000. The molecule has 0 radical (unpaired) electrons. The Morgan fingerprint density at radius 3 is 2.53 bits per heavy atom. The first-order chi connectivity index (χ1) is 9.31. The Bertz CT molecular complexity index is 369. The van der Waals surface area contributed by atoms with Crippen molar-refractivity contribution in [3.8, 4) is 6.07 Å². The molecule has 0 aliphatic heterocycles. The number of para-hydroxylation sites is 1. The highest BCUT2D eigenvalue weighted by Crippen LogP contribution is 2.14. The number of nitrogens with zero attached hydrogens (tertiary/aromatic N) is 2. The SMILES string of the molecule is CCCCN(CC(C#N)NCCC)c1ccccc1. The smallest absolute Gasteiger partial charge is 0.113 e. The molecule has 19 heavy (non-hydrogen) atoms. The molecule has 0 fully saturated rings. The molecule has 0 saturated heterocycles. The van der Waals surface area contributed by atoms with Crippen LogP contribution in [0.4, 0.5) is 5.69 Å². The van der Waals surface area contributed by atoms with Crippen molar-refractivity contribution in [1.82, 2.24) is 5.32 Å². The van der Waals surface area contributed by atoms with Gasteiger partial charge in [0, 0.05) is 18.8 Å². The largest absolute Gasteiger partial charge is 0.369 e. The van der Waals surface area contributed by atoms with Crippen LogP contribution in [0.2, 0.25) is 0 Å². The summed E-state index contributed by atoms with van der Waals surface area (Å²) in [6, 6.07) is 12.6. The third-order valence-corrected chi connectivity index (χ3v) is 3.10. The molecule has 0 bridgehead atoms. The van der Waals surface area contributed by atoms with Gasteiger partial charge in [-0.2, -0.15) is 5.26 Å². The molecule has 1 rings (SSSR count). The zero-order chi connectivity index (χ0) is 13.9. The Morgan fingerprint density at radius 2 is 1.95 bits per heavy atom. The molecule has 1 atom stereocenters. The number of benzene rings is 1. The summed E-state index contributed by atoms with van der Waals surface area (Å²) in [5.41, 5.74) is 1.20. The van der Waals surface area contributed by atoms with Crippen LogP contribution in [0.5, 0.6) is 0 Å². The number of rotatable bonds is 9. The number of unbranched alkanes of at least 4 members (excludes halogenated alkanes) is 1. The predicted octanol–water partition coefficient (Wildman–Crippen LogP) is 3.18. The highest BCUT2D eigenvalue weighted by atomic mass is 15.2. The summed E-state index contributed by atoms with van der Waals surface area (Å²) in [6.45, 7) is 6.97. The molecule has 1 unspecified atom stereocenters. The molecule has 1 aromatic rings. The molecule has 0 spiro atoms. The molecule has 3 heteroatoms. The second-order valence-electron chi connectivity index (χ2n) is 4.77. The molecule has 3 nitrogen and oxygen atoms in total. The molecule has 1 N–H and O–H groups in total. The van der Waals surface area contributed by atoms with E-state index in [1.807, 2.05) is 6.07 Å². The molecular formula is C16H25N3. The summed E-state index contributed by atoms with van der Waals surface area (Å²) in [6.07, 6.45) is 3.38. The Labute approximate surface area is 117 Å². The average molecular weight is 259 g/mol. The lowest BCUT2D eigenvalue weighted by Gasteiger charge is -2.27. The van der Waals surface area contributed by atoms with Crippen LogP contribution in [-0.4, -0.2) is 25.7 Å². The summed E-state index contributed by atoms with van der Waals surface area (Å²) in [5.74, 6) is 0. The van der Waals surface area contributed by atoms with Crippen LogP contribution < -0.4 is 10.2 Å². The van der Waals surface area contributed by atoms with Gasteiger partial charge in [0.25, 0.3) is 0 Å². The van der Waals surface area contributed by atoms with Crippen LogP contribution in [0.15, 0.2) is 30.3 Å². The third-order valence-electron chi connectivity index (χ3n) is 3.10. The summed E-state index contributed by atoms with van der Waals surface area (Å²) >= 11 is 0. The first-order valence-electron chi connectivity index (χ1n) is 7.24. The quantitative estimate of drug-likeness (QED) is 0.740. The zero-order valence-corrected chi connectivity index (χ0v) is 12.1. The number of hydrogen-bond donors (Lipinski definition) is 1. The second-order valence-corrected chi connectivity index (χ2v) is 4.77. The number of nitrogens with one attached hydrogen (secondary N) is 1. The van der Waals surface area contributed by atoms with E-state index in [4.69, 9.17) is 0 Å². The maximum Gasteiger partial charge on any atom is 0.113 e. The molecular weight excluding hydrogens is 234 g/mol. The van der Waals surface area contributed by atoms with Crippen molar-refractivity contribution < 1.29 is 0 Å². The minimum Gasteiger partial charge on any atom is -0.369 e. The summed E-state index contributed by atoms with van der Waals surface area (Å²) in [7, 11) is 0. The van der Waals surface area contributed by atoms with Gasteiger partial charge >= 0.3 is 0 Å². The predicted molar refractivity (Wildman–Crippen MR) is 81.3 cm³/mol. The molecule has 104 valence electrons. The standard InChI is InChI=1S/C16H25N3/c1-3-5-12-19(16-9-7-6-8-10-16)14-15(13-17)18-11-4-2/h6-10,15,18H,3-5,11-12,14H2,1-2H3. The normalized spacial score (nSPS) is 11.8. The zero-order valence-electron chi connectivity index (χ0n) is 12.1. The highest BCUT2D eigenvalue weighted by Gasteiger charge is 2.13. The van der Waals surface area contributed by atoms with Crippen LogP contribution in [0.1, 0.15) is 33.1 Å². The van der Waals surface area contributed by atoms with Crippen LogP contribution in [-0.2, 0) is 0 Å². The van der Waals surface area contributed by atoms with Gasteiger partial charge in [-0.05, 0) is 31.5 Å². The lowest BCUT2D eigenvalue weighted by molar-refractivity contribution is 0.572. The van der Waals surface area contributed by atoms with Crippen molar-refractivity contribution in [2.45, 2.75) is 39.2 Å². The molecule has 0 aromatic heterocycles. The van der Waals surface area contributed by atoms with E-state index in [0.717, 1.165) is 32.5 Å². The summed E-state index contributed by atoms with van der Waals surface area (Å²) < 4.78 is 0. The molecule has 1 aromatic carbocycles. The molecule has 0 saturated carbocycles. The topological polar surface area (TPSA) is 39.1 Å². The van der Waals surface area contributed by atoms with Crippen molar-refractivity contribution in [2.24, 2.45) is 0 Å². The van der Waals surface area contributed by atoms with Gasteiger partial charge in [-0.1, -0.05) is 38.5 Å². The van der Waals surface area contributed by atoms with E-state index >= 15 is 0 Å². The number of nitriles is 1. The number of hydrogen-bond acceptors (Lipinski definition) is 3. The van der Waals surface area contributed by atoms with Crippen LogP contribution in [0.3, 0.4) is 0 Å². The first-order valence-corrected chi connectivity index (χ1v) is 7.24. The van der Waals surface area contributed by atoms with Crippen LogP contribution in [0.25, 0.3) is 0 Å². The van der Waals surface area contributed by atoms with Crippen molar-refractivity contribution in [2.75, 3.05) is 24.5 Å². The van der Waals surface area contributed by atoms with Crippen molar-refractivity contribution in [3.63, 3.8) is 0 Å². The minimum atomic E-state index is -0.1000. The van der Waals surface area contributed by atoms with Crippen molar-refractivity contribution in [1.29, 1.82) is 5.26 Å². The van der Waals surface area contributed by atoms with E-state index in [-0.39, 0.29) is 6.04 Å². The van der Waals surface area contributed by atoms with Gasteiger partial charge in [0.1, 0.15) is 6.04 Å². The Kier molecular flexibility index (Phi) is 7.69. The lowest BCUT2D eigenvalue weighted by atomic mass is 10.2. The Morgan fingerprint density at radius 1 is 1.21 bits per heavy atom.